The van der Waals surface area contributed by atoms with Gasteiger partial charge in [-0.15, -0.1) is 0 Å². The van der Waals surface area contributed by atoms with Gasteiger partial charge in [0.2, 0.25) is 0 Å². The van der Waals surface area contributed by atoms with Gasteiger partial charge in [0.05, 0.1) is 7.11 Å². The molecule has 0 aliphatic rings. The molecule has 0 aliphatic heterocycles. The van der Waals surface area contributed by atoms with Crippen molar-refractivity contribution in [1.29, 1.82) is 0 Å². The Kier molecular flexibility index (Phi) is 5.45. The van der Waals surface area contributed by atoms with Gasteiger partial charge in [-0.25, -0.2) is 8.78 Å². The molecule has 0 aliphatic carbocycles. The van der Waals surface area contributed by atoms with Crippen molar-refractivity contribution in [3.05, 3.63) is 82.4 Å². The first kappa shape index (κ1) is 18.9. The summed E-state index contributed by atoms with van der Waals surface area (Å²) >= 11 is 0. The van der Waals surface area contributed by atoms with Gasteiger partial charge in [-0.3, -0.25) is 0 Å². The van der Waals surface area contributed by atoms with Crippen LogP contribution in [0.4, 0.5) is 14.5 Å². The van der Waals surface area contributed by atoms with Crippen molar-refractivity contribution in [3.8, 4) is 16.9 Å². The summed E-state index contributed by atoms with van der Waals surface area (Å²) in [7, 11) is 1.63. The Morgan fingerprint density at radius 2 is 1.74 bits per heavy atom. The summed E-state index contributed by atoms with van der Waals surface area (Å²) in [5.41, 5.74) is 5.38. The van der Waals surface area contributed by atoms with E-state index < -0.39 is 0 Å². The van der Waals surface area contributed by atoms with Crippen LogP contribution in [-0.4, -0.2) is 7.11 Å². The maximum Gasteiger partial charge on any atom is 0.136 e. The number of hydrogen-bond donors (Lipinski definition) is 1. The fourth-order valence-electron chi connectivity index (χ4n) is 3.34. The summed E-state index contributed by atoms with van der Waals surface area (Å²) < 4.78 is 34.1. The van der Waals surface area contributed by atoms with Gasteiger partial charge in [-0.05, 0) is 61.7 Å². The van der Waals surface area contributed by atoms with E-state index in [4.69, 9.17) is 4.74 Å². The van der Waals surface area contributed by atoms with Gasteiger partial charge < -0.3 is 10.1 Å². The molecule has 0 saturated carbocycles. The van der Waals surface area contributed by atoms with Crippen LogP contribution in [0.1, 0.15) is 22.3 Å². The molecule has 0 unspecified atom stereocenters. The number of ether oxygens (including phenoxy) is 1. The second-order valence-electron chi connectivity index (χ2n) is 6.73. The molecule has 0 bridgehead atoms. The Bertz CT molecular complexity index is 982. The average Bonchev–Trinajstić information content (AvgIpc) is 2.64. The van der Waals surface area contributed by atoms with Gasteiger partial charge >= 0.3 is 0 Å². The monoisotopic (exact) mass is 367 g/mol. The number of halogens is 2. The number of methoxy groups -OCH3 is 1. The minimum absolute atomic E-state index is 0.324. The van der Waals surface area contributed by atoms with Crippen molar-refractivity contribution in [1.82, 2.24) is 0 Å². The van der Waals surface area contributed by atoms with E-state index in [1.165, 1.54) is 12.1 Å². The van der Waals surface area contributed by atoms with Crippen molar-refractivity contribution in [2.75, 3.05) is 12.4 Å². The van der Waals surface area contributed by atoms with Crippen molar-refractivity contribution in [3.63, 3.8) is 0 Å². The molecule has 0 saturated heterocycles. The summed E-state index contributed by atoms with van der Waals surface area (Å²) in [6.07, 6.45) is 0. The molecule has 1 N–H and O–H groups in total. The lowest BCUT2D eigenvalue weighted by Gasteiger charge is -2.17. The van der Waals surface area contributed by atoms with Crippen LogP contribution in [0.25, 0.3) is 11.1 Å². The normalized spacial score (nSPS) is 10.7. The highest BCUT2D eigenvalue weighted by Gasteiger charge is 2.14. The number of benzene rings is 3. The zero-order valence-electron chi connectivity index (χ0n) is 16.0. The molecule has 27 heavy (non-hydrogen) atoms. The number of hydrogen-bond acceptors (Lipinski definition) is 2. The zero-order chi connectivity index (χ0) is 19.6. The molecule has 140 valence electrons. The lowest BCUT2D eigenvalue weighted by molar-refractivity contribution is 0.412. The fraction of sp³-hybridized carbons (Fsp3) is 0.217. The summed E-state index contributed by atoms with van der Waals surface area (Å²) in [4.78, 5) is 0. The Labute approximate surface area is 158 Å². The molecule has 0 amide bonds. The molecule has 3 aromatic rings. The Morgan fingerprint density at radius 1 is 0.963 bits per heavy atom. The molecule has 3 rings (SSSR count). The van der Waals surface area contributed by atoms with Gasteiger partial charge in [0.15, 0.2) is 0 Å². The predicted octanol–water partition coefficient (Wildman–Crippen LogP) is 6.18. The van der Waals surface area contributed by atoms with E-state index in [-0.39, 0.29) is 11.6 Å². The summed E-state index contributed by atoms with van der Waals surface area (Å²) in [6, 6.07) is 13.5. The van der Waals surface area contributed by atoms with E-state index in [1.807, 2.05) is 39.0 Å². The second kappa shape index (κ2) is 7.78. The topological polar surface area (TPSA) is 21.3 Å². The number of rotatable bonds is 5. The van der Waals surface area contributed by atoms with E-state index in [0.717, 1.165) is 28.1 Å². The third-order valence-electron chi connectivity index (χ3n) is 4.73. The van der Waals surface area contributed by atoms with Crippen molar-refractivity contribution in [2.45, 2.75) is 27.3 Å². The van der Waals surface area contributed by atoms with Crippen LogP contribution in [0.5, 0.6) is 5.75 Å². The summed E-state index contributed by atoms with van der Waals surface area (Å²) in [6.45, 7) is 6.21. The maximum absolute atomic E-state index is 15.1. The van der Waals surface area contributed by atoms with E-state index in [9.17, 15) is 4.39 Å². The minimum atomic E-state index is -0.379. The second-order valence-corrected chi connectivity index (χ2v) is 6.73. The average molecular weight is 367 g/mol. The smallest absolute Gasteiger partial charge is 0.136 e. The first-order chi connectivity index (χ1) is 12.9. The number of aryl methyl sites for hydroxylation is 2. The fourth-order valence-corrected chi connectivity index (χ4v) is 3.34. The number of anilines is 1. The van der Waals surface area contributed by atoms with E-state index >= 15 is 4.39 Å². The van der Waals surface area contributed by atoms with Crippen LogP contribution in [0.15, 0.2) is 48.5 Å². The van der Waals surface area contributed by atoms with Gasteiger partial charge in [-0.1, -0.05) is 24.3 Å². The molecular formula is C23H23F2NO. The first-order valence-electron chi connectivity index (χ1n) is 8.83. The van der Waals surface area contributed by atoms with Crippen LogP contribution in [0, 0.1) is 32.4 Å². The van der Waals surface area contributed by atoms with Crippen LogP contribution in [0.3, 0.4) is 0 Å². The SMILES string of the molecule is COc1ccc(C)c(NCc2cc(C)cc(-c3cccc(F)c3)c2F)c1C. The standard InChI is InChI=1S/C23H23F2NO/c1-14-10-18(13-26-23-15(2)8-9-21(27-4)16(23)3)22(25)20(11-14)17-6-5-7-19(24)12-17/h5-12,26H,13H2,1-4H3. The van der Waals surface area contributed by atoms with Crippen molar-refractivity contribution >= 4 is 5.69 Å². The zero-order valence-corrected chi connectivity index (χ0v) is 16.0. The van der Waals surface area contributed by atoms with Crippen molar-refractivity contribution < 1.29 is 13.5 Å². The Balaban J connectivity index is 1.95. The molecular weight excluding hydrogens is 344 g/mol. The van der Waals surface area contributed by atoms with E-state index in [1.54, 1.807) is 25.3 Å². The molecule has 0 aromatic heterocycles. The summed E-state index contributed by atoms with van der Waals surface area (Å²) in [5.74, 6) is 0.0703. The Hall–Kier alpha value is -2.88. The van der Waals surface area contributed by atoms with Gasteiger partial charge in [-0.2, -0.15) is 0 Å². The number of nitrogens with one attached hydrogen (secondary N) is 1. The lowest BCUT2D eigenvalue weighted by Crippen LogP contribution is -2.07. The minimum Gasteiger partial charge on any atom is -0.496 e. The van der Waals surface area contributed by atoms with Gasteiger partial charge in [0, 0.05) is 28.9 Å². The predicted molar refractivity (Wildman–Crippen MR) is 106 cm³/mol. The largest absolute Gasteiger partial charge is 0.496 e. The summed E-state index contributed by atoms with van der Waals surface area (Å²) in [5, 5.41) is 3.34. The highest BCUT2D eigenvalue weighted by Crippen LogP contribution is 2.31. The quantitative estimate of drug-likeness (QED) is 0.581. The molecule has 0 heterocycles. The molecule has 0 radical (unpaired) electrons. The van der Waals surface area contributed by atoms with Crippen molar-refractivity contribution in [2.24, 2.45) is 0 Å². The van der Waals surface area contributed by atoms with Gasteiger partial charge in [0.25, 0.3) is 0 Å². The van der Waals surface area contributed by atoms with E-state index in [2.05, 4.69) is 5.32 Å². The van der Waals surface area contributed by atoms with Crippen LogP contribution in [0.2, 0.25) is 0 Å². The molecule has 0 atom stereocenters. The van der Waals surface area contributed by atoms with Crippen LogP contribution in [-0.2, 0) is 6.54 Å². The molecule has 3 aromatic carbocycles. The van der Waals surface area contributed by atoms with E-state index in [0.29, 0.717) is 23.2 Å². The molecule has 4 heteroatoms. The van der Waals surface area contributed by atoms with Crippen LogP contribution < -0.4 is 10.1 Å². The van der Waals surface area contributed by atoms with Gasteiger partial charge in [0.1, 0.15) is 17.4 Å². The molecule has 2 nitrogen and oxygen atoms in total. The third-order valence-corrected chi connectivity index (χ3v) is 4.73. The third kappa shape index (κ3) is 3.95. The molecule has 0 spiro atoms. The highest BCUT2D eigenvalue weighted by atomic mass is 19.1. The lowest BCUT2D eigenvalue weighted by atomic mass is 9.98. The highest BCUT2D eigenvalue weighted by molar-refractivity contribution is 5.67. The van der Waals surface area contributed by atoms with Crippen LogP contribution >= 0.6 is 0 Å². The Morgan fingerprint density at radius 3 is 2.44 bits per heavy atom. The maximum atomic E-state index is 15.1. The molecule has 0 fully saturated rings. The first-order valence-corrected chi connectivity index (χ1v) is 8.83.